The van der Waals surface area contributed by atoms with Crippen molar-refractivity contribution >= 4 is 12.5 Å². The molecule has 0 aromatic carbocycles. The quantitative estimate of drug-likeness (QED) is 0.313. The van der Waals surface area contributed by atoms with Crippen LogP contribution in [-0.2, 0) is 14.3 Å². The summed E-state index contributed by atoms with van der Waals surface area (Å²) >= 11 is 0. The number of hydrogen-bond acceptors (Lipinski definition) is 6. The van der Waals surface area contributed by atoms with Gasteiger partial charge in [0, 0.05) is 6.42 Å². The van der Waals surface area contributed by atoms with Gasteiger partial charge in [-0.3, -0.25) is 10.2 Å². The van der Waals surface area contributed by atoms with E-state index >= 15 is 0 Å². The van der Waals surface area contributed by atoms with E-state index in [4.69, 9.17) is 9.47 Å². The number of hydrogen-bond donors (Lipinski definition) is 4. The van der Waals surface area contributed by atoms with Gasteiger partial charge in [0.05, 0.1) is 18.8 Å². The number of rotatable bonds is 6. The van der Waals surface area contributed by atoms with Gasteiger partial charge >= 0.3 is 6.09 Å². The summed E-state index contributed by atoms with van der Waals surface area (Å²) in [6, 6.07) is -0.0886. The number of ether oxygens (including phenoxy) is 2. The average molecular weight is 303 g/mol. The Morgan fingerprint density at radius 3 is 2.71 bits per heavy atom. The van der Waals surface area contributed by atoms with E-state index in [1.165, 1.54) is 0 Å². The normalized spacial score (nSPS) is 24.0. The number of nitrogens with one attached hydrogen (secondary N) is 3. The third-order valence-electron chi connectivity index (χ3n) is 2.89. The predicted molar refractivity (Wildman–Crippen MR) is 75.1 cm³/mol. The van der Waals surface area contributed by atoms with E-state index in [2.05, 4.69) is 16.2 Å². The molecule has 0 bridgehead atoms. The van der Waals surface area contributed by atoms with E-state index < -0.39 is 17.9 Å². The van der Waals surface area contributed by atoms with Crippen LogP contribution >= 0.6 is 0 Å². The number of amides is 2. The second-order valence-corrected chi connectivity index (χ2v) is 6.03. The highest BCUT2D eigenvalue weighted by atomic mass is 16.6. The minimum atomic E-state index is -0.865. The van der Waals surface area contributed by atoms with Gasteiger partial charge in [-0.05, 0) is 33.6 Å². The molecule has 1 heterocycles. The lowest BCUT2D eigenvalue weighted by molar-refractivity contribution is -0.112. The molecule has 122 valence electrons. The van der Waals surface area contributed by atoms with Crippen LogP contribution in [0, 0.1) is 0 Å². The van der Waals surface area contributed by atoms with Crippen molar-refractivity contribution in [3.63, 3.8) is 0 Å². The smallest absolute Gasteiger partial charge is 0.407 e. The molecule has 1 unspecified atom stereocenters. The minimum Gasteiger partial charge on any atom is -0.444 e. The molecule has 0 aromatic rings. The van der Waals surface area contributed by atoms with Crippen molar-refractivity contribution < 1.29 is 24.2 Å². The van der Waals surface area contributed by atoms with E-state index in [0.29, 0.717) is 25.9 Å². The molecule has 1 aliphatic rings. The zero-order valence-corrected chi connectivity index (χ0v) is 12.7. The zero-order chi connectivity index (χ0) is 15.9. The average Bonchev–Trinajstić information content (AvgIpc) is 2.36. The van der Waals surface area contributed by atoms with Crippen LogP contribution in [0.25, 0.3) is 0 Å². The number of aliphatic hydroxyl groups is 1. The van der Waals surface area contributed by atoms with E-state index in [9.17, 15) is 14.7 Å². The molecule has 21 heavy (non-hydrogen) atoms. The number of carbonyl (C=O) groups excluding carboxylic acids is 2. The van der Waals surface area contributed by atoms with Crippen LogP contribution in [0.15, 0.2) is 0 Å². The molecule has 1 saturated heterocycles. The Balaban J connectivity index is 2.23. The molecule has 0 aliphatic carbocycles. The molecule has 2 amide bonds. The van der Waals surface area contributed by atoms with Crippen molar-refractivity contribution in [2.75, 3.05) is 6.61 Å². The maximum Gasteiger partial charge on any atom is 0.407 e. The monoisotopic (exact) mass is 303 g/mol. The van der Waals surface area contributed by atoms with Crippen LogP contribution in [-0.4, -0.2) is 48.2 Å². The molecule has 0 saturated carbocycles. The molecule has 1 rings (SSSR count). The molecule has 0 spiro atoms. The largest absolute Gasteiger partial charge is 0.444 e. The summed E-state index contributed by atoms with van der Waals surface area (Å²) in [7, 11) is 0. The fraction of sp³-hybridized carbons (Fsp3) is 0.846. The summed E-state index contributed by atoms with van der Waals surface area (Å²) in [5.74, 6) is 0. The molecule has 8 heteroatoms. The van der Waals surface area contributed by atoms with Gasteiger partial charge in [0.15, 0.2) is 0 Å². The first-order valence-corrected chi connectivity index (χ1v) is 7.04. The lowest BCUT2D eigenvalue weighted by atomic mass is 10.0. The van der Waals surface area contributed by atoms with Gasteiger partial charge in [-0.25, -0.2) is 10.2 Å². The van der Waals surface area contributed by atoms with Crippen LogP contribution in [0.1, 0.15) is 40.0 Å². The standard InChI is InChI=1S/C13H25N3O5/c1-13(2,3)21-12(19)15-9-4-5-10(20-7-9)6-11(18)16-14-8-17/h8-11,16,18H,4-7H2,1-3H3,(H,14,17)(H,15,19)/t9-,10+,11?/m1/s1. The molecule has 8 nitrogen and oxygen atoms in total. The van der Waals surface area contributed by atoms with Gasteiger partial charge in [0.2, 0.25) is 6.41 Å². The van der Waals surface area contributed by atoms with Crippen LogP contribution in [0.5, 0.6) is 0 Å². The fourth-order valence-corrected chi connectivity index (χ4v) is 2.02. The van der Waals surface area contributed by atoms with E-state index in [1.807, 2.05) is 20.8 Å². The Hall–Kier alpha value is -1.38. The third-order valence-corrected chi connectivity index (χ3v) is 2.89. The summed E-state index contributed by atoms with van der Waals surface area (Å²) in [6.07, 6.45) is 0.837. The molecular formula is C13H25N3O5. The van der Waals surface area contributed by atoms with Crippen molar-refractivity contribution in [3.8, 4) is 0 Å². The number of hydrazine groups is 1. The first kappa shape index (κ1) is 17.7. The fourth-order valence-electron chi connectivity index (χ4n) is 2.02. The molecule has 1 aliphatic heterocycles. The summed E-state index contributed by atoms with van der Waals surface area (Å²) in [5.41, 5.74) is 4.08. The predicted octanol–water partition coefficient (Wildman–Crippen LogP) is 0.0178. The molecule has 0 radical (unpaired) electrons. The summed E-state index contributed by atoms with van der Waals surface area (Å²) in [5, 5.41) is 12.3. The van der Waals surface area contributed by atoms with Crippen molar-refractivity contribution in [3.05, 3.63) is 0 Å². The number of aliphatic hydroxyl groups excluding tert-OH is 1. The molecule has 0 aromatic heterocycles. The number of carbonyl (C=O) groups is 2. The summed E-state index contributed by atoms with van der Waals surface area (Å²) in [6.45, 7) is 5.79. The number of alkyl carbamates (subject to hydrolysis) is 1. The highest BCUT2D eigenvalue weighted by Crippen LogP contribution is 2.18. The molecule has 1 fully saturated rings. The Kier molecular flexibility index (Phi) is 6.86. The van der Waals surface area contributed by atoms with Crippen LogP contribution in [0.3, 0.4) is 0 Å². The lowest BCUT2D eigenvalue weighted by Gasteiger charge is -2.31. The van der Waals surface area contributed by atoms with Crippen molar-refractivity contribution in [1.29, 1.82) is 0 Å². The maximum atomic E-state index is 11.6. The van der Waals surface area contributed by atoms with Crippen LogP contribution in [0.2, 0.25) is 0 Å². The first-order valence-electron chi connectivity index (χ1n) is 7.04. The van der Waals surface area contributed by atoms with E-state index in [0.717, 1.165) is 6.42 Å². The Morgan fingerprint density at radius 2 is 2.19 bits per heavy atom. The van der Waals surface area contributed by atoms with Gasteiger partial charge in [0.1, 0.15) is 11.8 Å². The van der Waals surface area contributed by atoms with Gasteiger partial charge < -0.3 is 19.9 Å². The SMILES string of the molecule is CC(C)(C)OC(=O)N[C@@H]1CC[C@@H](CC(O)NNC=O)OC1. The highest BCUT2D eigenvalue weighted by molar-refractivity contribution is 5.68. The highest BCUT2D eigenvalue weighted by Gasteiger charge is 2.26. The van der Waals surface area contributed by atoms with Crippen molar-refractivity contribution in [2.24, 2.45) is 0 Å². The first-order chi connectivity index (χ1) is 9.80. The summed E-state index contributed by atoms with van der Waals surface area (Å²) < 4.78 is 10.8. The van der Waals surface area contributed by atoms with Gasteiger partial charge in [-0.1, -0.05) is 0 Å². The molecule has 4 N–H and O–H groups in total. The second kappa shape index (κ2) is 8.16. The maximum absolute atomic E-state index is 11.6. The van der Waals surface area contributed by atoms with Crippen LogP contribution < -0.4 is 16.2 Å². The zero-order valence-electron chi connectivity index (χ0n) is 12.7. The van der Waals surface area contributed by atoms with E-state index in [1.54, 1.807) is 0 Å². The van der Waals surface area contributed by atoms with E-state index in [-0.39, 0.29) is 12.1 Å². The van der Waals surface area contributed by atoms with Gasteiger partial charge in [-0.2, -0.15) is 0 Å². The molecular weight excluding hydrogens is 278 g/mol. The van der Waals surface area contributed by atoms with Gasteiger partial charge in [-0.15, -0.1) is 0 Å². The van der Waals surface area contributed by atoms with Gasteiger partial charge in [0.25, 0.3) is 0 Å². The Labute approximate surface area is 124 Å². The topological polar surface area (TPSA) is 109 Å². The summed E-state index contributed by atoms with van der Waals surface area (Å²) in [4.78, 5) is 21.7. The van der Waals surface area contributed by atoms with Crippen molar-refractivity contribution in [1.82, 2.24) is 16.2 Å². The third kappa shape index (κ3) is 7.84. The minimum absolute atomic E-state index is 0.0886. The van der Waals surface area contributed by atoms with Crippen LogP contribution in [0.4, 0.5) is 4.79 Å². The Morgan fingerprint density at radius 1 is 1.48 bits per heavy atom. The molecule has 3 atom stereocenters. The second-order valence-electron chi connectivity index (χ2n) is 6.03. The Bertz CT molecular complexity index is 337. The lowest BCUT2D eigenvalue weighted by Crippen LogP contribution is -2.47. The van der Waals surface area contributed by atoms with Crippen molar-refractivity contribution in [2.45, 2.75) is 64.0 Å².